The maximum Gasteiger partial charge on any atom is 0.257 e. The minimum atomic E-state index is -3.74. The molecule has 1 atom stereocenters. The first kappa shape index (κ1) is 28.8. The first-order chi connectivity index (χ1) is 16.5. The van der Waals surface area contributed by atoms with Crippen molar-refractivity contribution in [2.75, 3.05) is 39.8 Å². The largest absolute Gasteiger partial charge is 0.491 e. The third-order valence-electron chi connectivity index (χ3n) is 6.21. The second-order valence-electron chi connectivity index (χ2n) is 9.35. The molecular weight excluding hydrogens is 466 g/mol. The Morgan fingerprint density at radius 1 is 1.20 bits per heavy atom. The Balaban J connectivity index is 2.54. The SMILES string of the molecule is CCN(CC)S(=O)(=O)c1ccc2c(c1)C(=O)N(C)C/C=C/CCCN(C(C)=O)[C@@H](CC(C)C)CO2. The minimum Gasteiger partial charge on any atom is -0.491 e. The molecule has 1 aromatic rings. The van der Waals surface area contributed by atoms with Gasteiger partial charge in [0.1, 0.15) is 12.4 Å². The average molecular weight is 508 g/mol. The van der Waals surface area contributed by atoms with Crippen molar-refractivity contribution in [2.45, 2.75) is 64.8 Å². The van der Waals surface area contributed by atoms with Crippen molar-refractivity contribution in [3.8, 4) is 5.75 Å². The van der Waals surface area contributed by atoms with Gasteiger partial charge in [0, 0.05) is 40.2 Å². The van der Waals surface area contributed by atoms with Gasteiger partial charge in [-0.2, -0.15) is 4.31 Å². The molecule has 0 aliphatic carbocycles. The molecule has 1 aromatic carbocycles. The lowest BCUT2D eigenvalue weighted by atomic mass is 10.0. The topological polar surface area (TPSA) is 87.2 Å². The normalized spacial score (nSPS) is 19.3. The highest BCUT2D eigenvalue weighted by molar-refractivity contribution is 7.89. The Hall–Kier alpha value is -2.39. The number of likely N-dealkylation sites (N-methyl/N-ethyl adjacent to an activating group) is 1. The number of hydrogen-bond donors (Lipinski definition) is 0. The van der Waals surface area contributed by atoms with E-state index in [9.17, 15) is 18.0 Å². The molecule has 2 rings (SSSR count). The molecule has 0 saturated carbocycles. The van der Waals surface area contributed by atoms with Gasteiger partial charge in [0.2, 0.25) is 15.9 Å². The van der Waals surface area contributed by atoms with E-state index in [1.165, 1.54) is 16.4 Å². The van der Waals surface area contributed by atoms with E-state index in [4.69, 9.17) is 4.74 Å². The number of benzene rings is 1. The molecule has 0 N–H and O–H groups in total. The molecule has 0 fully saturated rings. The van der Waals surface area contributed by atoms with Gasteiger partial charge < -0.3 is 14.5 Å². The maximum absolute atomic E-state index is 13.4. The Morgan fingerprint density at radius 3 is 2.49 bits per heavy atom. The van der Waals surface area contributed by atoms with Gasteiger partial charge in [-0.05, 0) is 43.4 Å². The molecule has 1 aliphatic heterocycles. The van der Waals surface area contributed by atoms with E-state index in [0.717, 1.165) is 19.3 Å². The zero-order chi connectivity index (χ0) is 26.2. The third kappa shape index (κ3) is 7.54. The molecule has 0 saturated heterocycles. The van der Waals surface area contributed by atoms with E-state index in [2.05, 4.69) is 13.8 Å². The summed E-state index contributed by atoms with van der Waals surface area (Å²) in [6, 6.07) is 4.31. The quantitative estimate of drug-likeness (QED) is 0.547. The van der Waals surface area contributed by atoms with Gasteiger partial charge in [-0.3, -0.25) is 9.59 Å². The first-order valence-electron chi connectivity index (χ1n) is 12.5. The molecule has 9 heteroatoms. The fourth-order valence-electron chi connectivity index (χ4n) is 4.31. The van der Waals surface area contributed by atoms with Crippen LogP contribution in [-0.2, 0) is 14.8 Å². The molecule has 0 aromatic heterocycles. The minimum absolute atomic E-state index is 0.00739. The highest BCUT2D eigenvalue weighted by Crippen LogP contribution is 2.27. The first-order valence-corrected chi connectivity index (χ1v) is 13.9. The van der Waals surface area contributed by atoms with Crippen LogP contribution in [-0.4, -0.2) is 80.2 Å². The zero-order valence-electron chi connectivity index (χ0n) is 22.0. The van der Waals surface area contributed by atoms with Crippen molar-refractivity contribution >= 4 is 21.8 Å². The molecule has 0 unspecified atom stereocenters. The van der Waals surface area contributed by atoms with E-state index in [1.54, 1.807) is 38.8 Å². The molecule has 8 nitrogen and oxygen atoms in total. The summed E-state index contributed by atoms with van der Waals surface area (Å²) in [5.74, 6) is 0.339. The third-order valence-corrected chi connectivity index (χ3v) is 8.25. The number of fused-ring (bicyclic) bond motifs is 1. The van der Waals surface area contributed by atoms with Crippen LogP contribution >= 0.6 is 0 Å². The second-order valence-corrected chi connectivity index (χ2v) is 11.3. The van der Waals surface area contributed by atoms with E-state index in [-0.39, 0.29) is 34.9 Å². The summed E-state index contributed by atoms with van der Waals surface area (Å²) >= 11 is 0. The molecule has 1 aliphatic rings. The van der Waals surface area contributed by atoms with Gasteiger partial charge in [0.05, 0.1) is 16.5 Å². The van der Waals surface area contributed by atoms with Crippen molar-refractivity contribution in [2.24, 2.45) is 5.92 Å². The number of carbonyl (C=O) groups is 2. The van der Waals surface area contributed by atoms with Crippen molar-refractivity contribution in [1.29, 1.82) is 0 Å². The number of allylic oxidation sites excluding steroid dienone is 1. The Bertz CT molecular complexity index is 1000. The summed E-state index contributed by atoms with van der Waals surface area (Å²) in [7, 11) is -2.06. The Kier molecular flexibility index (Phi) is 10.8. The highest BCUT2D eigenvalue weighted by Gasteiger charge is 2.27. The van der Waals surface area contributed by atoms with E-state index in [0.29, 0.717) is 37.8 Å². The Labute approximate surface area is 211 Å². The highest BCUT2D eigenvalue weighted by atomic mass is 32.2. The van der Waals surface area contributed by atoms with Crippen LogP contribution in [0.1, 0.15) is 64.2 Å². The lowest BCUT2D eigenvalue weighted by molar-refractivity contribution is -0.132. The fraction of sp³-hybridized carbons (Fsp3) is 0.615. The number of hydrogen-bond acceptors (Lipinski definition) is 5. The predicted octanol–water partition coefficient (Wildman–Crippen LogP) is 3.78. The predicted molar refractivity (Wildman–Crippen MR) is 138 cm³/mol. The van der Waals surface area contributed by atoms with E-state index >= 15 is 0 Å². The Morgan fingerprint density at radius 2 is 1.89 bits per heavy atom. The van der Waals surface area contributed by atoms with Crippen LogP contribution in [0.5, 0.6) is 5.75 Å². The zero-order valence-corrected chi connectivity index (χ0v) is 22.8. The van der Waals surface area contributed by atoms with E-state index < -0.39 is 10.0 Å². The van der Waals surface area contributed by atoms with Gasteiger partial charge in [0.25, 0.3) is 5.91 Å². The lowest BCUT2D eigenvalue weighted by Gasteiger charge is -2.32. The summed E-state index contributed by atoms with van der Waals surface area (Å²) in [6.45, 7) is 11.2. The number of sulfonamides is 1. The van der Waals surface area contributed by atoms with Gasteiger partial charge in [0.15, 0.2) is 0 Å². The van der Waals surface area contributed by atoms with Crippen molar-refractivity contribution < 1.29 is 22.7 Å². The van der Waals surface area contributed by atoms with Gasteiger partial charge in [-0.25, -0.2) is 8.42 Å². The van der Waals surface area contributed by atoms with Gasteiger partial charge >= 0.3 is 0 Å². The van der Waals surface area contributed by atoms with Crippen molar-refractivity contribution in [1.82, 2.24) is 14.1 Å². The van der Waals surface area contributed by atoms with Crippen LogP contribution in [0.3, 0.4) is 0 Å². The number of carbonyl (C=O) groups excluding carboxylic acids is 2. The van der Waals surface area contributed by atoms with Crippen molar-refractivity contribution in [3.05, 3.63) is 35.9 Å². The van der Waals surface area contributed by atoms with Crippen LogP contribution in [0.15, 0.2) is 35.2 Å². The number of ether oxygens (including phenoxy) is 1. The summed E-state index contributed by atoms with van der Waals surface area (Å²) in [6.07, 6.45) is 6.32. The standard InChI is InChI=1S/C26H41N3O5S/c1-7-28(8-2)35(32,33)23-13-14-25-24(18-23)26(31)27(6)15-11-9-10-12-16-29(21(5)30)22(19-34-25)17-20(3)4/h9,11,13-14,18,20,22H,7-8,10,12,15-17,19H2,1-6H3/b11-9+/t22-/m0/s1. The molecule has 196 valence electrons. The number of amides is 2. The molecular formula is C26H41N3O5S. The number of rotatable bonds is 6. The second kappa shape index (κ2) is 13.1. The van der Waals surface area contributed by atoms with Gasteiger partial charge in [-0.1, -0.05) is 39.8 Å². The van der Waals surface area contributed by atoms with Crippen LogP contribution in [0.4, 0.5) is 0 Å². The molecule has 1 heterocycles. The summed E-state index contributed by atoms with van der Waals surface area (Å²) in [5.41, 5.74) is 0.198. The van der Waals surface area contributed by atoms with Crippen LogP contribution in [0, 0.1) is 5.92 Å². The molecule has 2 amide bonds. The molecule has 0 bridgehead atoms. The monoisotopic (exact) mass is 507 g/mol. The summed E-state index contributed by atoms with van der Waals surface area (Å²) in [4.78, 5) is 29.3. The lowest BCUT2D eigenvalue weighted by Crippen LogP contribution is -2.44. The maximum atomic E-state index is 13.4. The summed E-state index contributed by atoms with van der Waals surface area (Å²) in [5, 5.41) is 0. The van der Waals surface area contributed by atoms with Crippen LogP contribution < -0.4 is 4.74 Å². The molecule has 0 radical (unpaired) electrons. The van der Waals surface area contributed by atoms with Crippen LogP contribution in [0.2, 0.25) is 0 Å². The smallest absolute Gasteiger partial charge is 0.257 e. The fourth-order valence-corrected chi connectivity index (χ4v) is 5.79. The summed E-state index contributed by atoms with van der Waals surface area (Å²) < 4.78 is 33.8. The van der Waals surface area contributed by atoms with Crippen LogP contribution in [0.25, 0.3) is 0 Å². The van der Waals surface area contributed by atoms with E-state index in [1.807, 2.05) is 17.1 Å². The number of nitrogens with zero attached hydrogens (tertiary/aromatic N) is 3. The average Bonchev–Trinajstić information content (AvgIpc) is 2.80. The van der Waals surface area contributed by atoms with Crippen molar-refractivity contribution in [3.63, 3.8) is 0 Å². The van der Waals surface area contributed by atoms with Gasteiger partial charge in [-0.15, -0.1) is 0 Å². The molecule has 0 spiro atoms. The molecule has 35 heavy (non-hydrogen) atoms.